The van der Waals surface area contributed by atoms with Crippen molar-refractivity contribution in [2.24, 2.45) is 5.73 Å². The number of aromatic nitrogens is 1. The molecule has 0 atom stereocenters. The van der Waals surface area contributed by atoms with Crippen LogP contribution in [0, 0.1) is 0 Å². The van der Waals surface area contributed by atoms with Gasteiger partial charge in [0.25, 0.3) is 0 Å². The highest BCUT2D eigenvalue weighted by molar-refractivity contribution is 5.91. The zero-order chi connectivity index (χ0) is 18.4. The Morgan fingerprint density at radius 3 is 2.54 bits per heavy atom. The molecular formula is C19H18N4O3. The normalized spacial score (nSPS) is 10.3. The number of hydrogen-bond acceptors (Lipinski definition) is 4. The number of carbonyl (C=O) groups excluding carboxylic acids is 2. The van der Waals surface area contributed by atoms with Crippen LogP contribution in [0.2, 0.25) is 0 Å². The van der Waals surface area contributed by atoms with E-state index in [1.165, 1.54) is 0 Å². The quantitative estimate of drug-likeness (QED) is 0.635. The number of anilines is 1. The largest absolute Gasteiger partial charge is 0.439 e. The van der Waals surface area contributed by atoms with E-state index < -0.39 is 11.9 Å². The Kier molecular flexibility index (Phi) is 5.28. The summed E-state index contributed by atoms with van der Waals surface area (Å²) >= 11 is 0. The molecule has 2 aromatic carbocycles. The molecule has 0 bridgehead atoms. The molecule has 1 heterocycles. The Bertz CT molecular complexity index is 906. The van der Waals surface area contributed by atoms with Crippen LogP contribution in [0.25, 0.3) is 11.3 Å². The third-order valence-electron chi connectivity index (χ3n) is 3.64. The van der Waals surface area contributed by atoms with E-state index in [9.17, 15) is 9.59 Å². The van der Waals surface area contributed by atoms with Crippen LogP contribution in [0.1, 0.15) is 11.5 Å². The van der Waals surface area contributed by atoms with Gasteiger partial charge in [-0.15, -0.1) is 0 Å². The van der Waals surface area contributed by atoms with Crippen molar-refractivity contribution in [2.45, 2.75) is 13.0 Å². The fourth-order valence-electron chi connectivity index (χ4n) is 2.43. The van der Waals surface area contributed by atoms with Crippen LogP contribution in [0.15, 0.2) is 65.2 Å². The first-order valence-electron chi connectivity index (χ1n) is 8.03. The fraction of sp³-hybridized carbons (Fsp3) is 0.105. The van der Waals surface area contributed by atoms with Gasteiger partial charge in [-0.2, -0.15) is 0 Å². The van der Waals surface area contributed by atoms with Gasteiger partial charge in [0.15, 0.2) is 5.76 Å². The van der Waals surface area contributed by atoms with Gasteiger partial charge in [-0.05, 0) is 11.6 Å². The second-order valence-electron chi connectivity index (χ2n) is 5.59. The van der Waals surface area contributed by atoms with Crippen molar-refractivity contribution in [3.05, 3.63) is 72.2 Å². The summed E-state index contributed by atoms with van der Waals surface area (Å²) in [6.07, 6.45) is 1.67. The second kappa shape index (κ2) is 7.98. The smallest absolute Gasteiger partial charge is 0.319 e. The molecule has 0 saturated carbocycles. The minimum Gasteiger partial charge on any atom is -0.439 e. The molecule has 0 fully saturated rings. The zero-order valence-corrected chi connectivity index (χ0v) is 13.9. The van der Waals surface area contributed by atoms with E-state index in [2.05, 4.69) is 15.6 Å². The van der Waals surface area contributed by atoms with Gasteiger partial charge in [-0.25, -0.2) is 9.78 Å². The van der Waals surface area contributed by atoms with Gasteiger partial charge in [0.05, 0.1) is 19.2 Å². The summed E-state index contributed by atoms with van der Waals surface area (Å²) in [6, 6.07) is 16.1. The van der Waals surface area contributed by atoms with E-state index in [1.807, 2.05) is 30.3 Å². The highest BCUT2D eigenvalue weighted by Crippen LogP contribution is 2.19. The third-order valence-corrected chi connectivity index (χ3v) is 3.64. The van der Waals surface area contributed by atoms with Crippen molar-refractivity contribution in [2.75, 3.05) is 5.32 Å². The predicted octanol–water partition coefficient (Wildman–Crippen LogP) is 2.69. The van der Waals surface area contributed by atoms with Gasteiger partial charge in [0, 0.05) is 11.3 Å². The maximum Gasteiger partial charge on any atom is 0.319 e. The van der Waals surface area contributed by atoms with Crippen LogP contribution in [0.3, 0.4) is 0 Å². The SMILES string of the molecule is NC(=O)Cc1ccccc1NC(=O)NCc1ncc(-c2ccccc2)o1. The average Bonchev–Trinajstić information content (AvgIpc) is 3.11. The second-order valence-corrected chi connectivity index (χ2v) is 5.59. The van der Waals surface area contributed by atoms with Gasteiger partial charge in [0.2, 0.25) is 11.8 Å². The van der Waals surface area contributed by atoms with E-state index in [-0.39, 0.29) is 13.0 Å². The minimum atomic E-state index is -0.465. The number of amides is 3. The zero-order valence-electron chi connectivity index (χ0n) is 13.9. The summed E-state index contributed by atoms with van der Waals surface area (Å²) in [5.41, 5.74) is 7.31. The summed E-state index contributed by atoms with van der Waals surface area (Å²) in [6.45, 7) is 0.136. The number of nitrogens with two attached hydrogens (primary N) is 1. The highest BCUT2D eigenvalue weighted by atomic mass is 16.4. The molecule has 3 amide bonds. The van der Waals surface area contributed by atoms with Gasteiger partial charge in [-0.3, -0.25) is 4.79 Å². The lowest BCUT2D eigenvalue weighted by Crippen LogP contribution is -2.29. The Morgan fingerprint density at radius 2 is 1.77 bits per heavy atom. The Morgan fingerprint density at radius 1 is 1.04 bits per heavy atom. The first-order valence-corrected chi connectivity index (χ1v) is 8.03. The number of benzene rings is 2. The highest BCUT2D eigenvalue weighted by Gasteiger charge is 2.10. The Hall–Kier alpha value is -3.61. The number of nitrogens with zero attached hydrogens (tertiary/aromatic N) is 1. The molecule has 0 aliphatic carbocycles. The average molecular weight is 350 g/mol. The van der Waals surface area contributed by atoms with Crippen molar-refractivity contribution >= 4 is 17.6 Å². The van der Waals surface area contributed by atoms with Crippen molar-refractivity contribution in [1.29, 1.82) is 0 Å². The molecule has 0 saturated heterocycles. The van der Waals surface area contributed by atoms with Crippen LogP contribution in [0.5, 0.6) is 0 Å². The standard InChI is InChI=1S/C19H18N4O3/c20-17(24)10-14-8-4-5-9-15(14)23-19(25)22-12-18-21-11-16(26-18)13-6-2-1-3-7-13/h1-9,11H,10,12H2,(H2,20,24)(H2,22,23,25). The Labute approximate surface area is 150 Å². The molecule has 7 nitrogen and oxygen atoms in total. The van der Waals surface area contributed by atoms with Crippen LogP contribution < -0.4 is 16.4 Å². The third kappa shape index (κ3) is 4.47. The van der Waals surface area contributed by atoms with Crippen LogP contribution in [0.4, 0.5) is 10.5 Å². The predicted molar refractivity (Wildman–Crippen MR) is 97.1 cm³/mol. The molecule has 0 unspecified atom stereocenters. The van der Waals surface area contributed by atoms with Crippen LogP contribution in [-0.2, 0) is 17.8 Å². The number of para-hydroxylation sites is 1. The van der Waals surface area contributed by atoms with Gasteiger partial charge in [-0.1, -0.05) is 48.5 Å². The lowest BCUT2D eigenvalue weighted by molar-refractivity contribution is -0.117. The number of urea groups is 1. The van der Waals surface area contributed by atoms with E-state index in [0.717, 1.165) is 5.56 Å². The molecule has 4 N–H and O–H groups in total. The number of carbonyl (C=O) groups is 2. The van der Waals surface area contributed by atoms with E-state index in [1.54, 1.807) is 30.5 Å². The molecule has 7 heteroatoms. The van der Waals surface area contributed by atoms with E-state index in [4.69, 9.17) is 10.2 Å². The molecule has 0 aliphatic rings. The van der Waals surface area contributed by atoms with Gasteiger partial charge in [0.1, 0.15) is 0 Å². The van der Waals surface area contributed by atoms with Crippen molar-refractivity contribution in [3.63, 3.8) is 0 Å². The number of hydrogen-bond donors (Lipinski definition) is 3. The maximum atomic E-state index is 12.1. The molecular weight excluding hydrogens is 332 g/mol. The molecule has 0 spiro atoms. The number of rotatable bonds is 6. The molecule has 132 valence electrons. The summed E-state index contributed by atoms with van der Waals surface area (Å²) in [4.78, 5) is 27.4. The maximum absolute atomic E-state index is 12.1. The molecule has 26 heavy (non-hydrogen) atoms. The van der Waals surface area contributed by atoms with Crippen LogP contribution in [-0.4, -0.2) is 16.9 Å². The van der Waals surface area contributed by atoms with Crippen LogP contribution >= 0.6 is 0 Å². The van der Waals surface area contributed by atoms with E-state index >= 15 is 0 Å². The Balaban J connectivity index is 1.58. The molecule has 1 aromatic heterocycles. The van der Waals surface area contributed by atoms with Crippen molar-refractivity contribution in [3.8, 4) is 11.3 Å². The van der Waals surface area contributed by atoms with E-state index in [0.29, 0.717) is 22.9 Å². The van der Waals surface area contributed by atoms with Gasteiger partial charge >= 0.3 is 6.03 Å². The topological polar surface area (TPSA) is 110 Å². The fourth-order valence-corrected chi connectivity index (χ4v) is 2.43. The number of primary amides is 1. The van der Waals surface area contributed by atoms with Gasteiger partial charge < -0.3 is 20.8 Å². The van der Waals surface area contributed by atoms with Crippen molar-refractivity contribution < 1.29 is 14.0 Å². The minimum absolute atomic E-state index is 0.0522. The lowest BCUT2D eigenvalue weighted by Gasteiger charge is -2.10. The molecule has 3 aromatic rings. The summed E-state index contributed by atoms with van der Waals surface area (Å²) < 4.78 is 5.63. The monoisotopic (exact) mass is 350 g/mol. The number of nitrogens with one attached hydrogen (secondary N) is 2. The first kappa shape index (κ1) is 17.2. The summed E-state index contributed by atoms with van der Waals surface area (Å²) in [7, 11) is 0. The molecule has 0 aliphatic heterocycles. The first-order chi connectivity index (χ1) is 12.6. The summed E-state index contributed by atoms with van der Waals surface area (Å²) in [5.74, 6) is 0.562. The van der Waals surface area contributed by atoms with Crippen molar-refractivity contribution in [1.82, 2.24) is 10.3 Å². The lowest BCUT2D eigenvalue weighted by atomic mass is 10.1. The summed E-state index contributed by atoms with van der Waals surface area (Å²) in [5, 5.41) is 5.37. The molecule has 3 rings (SSSR count). The number of oxazole rings is 1. The molecule has 0 radical (unpaired) electrons.